The average Bonchev–Trinajstić information content (AvgIpc) is 2.58. The van der Waals surface area contributed by atoms with Gasteiger partial charge in [-0.1, -0.05) is 42.0 Å². The molecule has 2 rings (SSSR count). The Bertz CT molecular complexity index is 706. The molecule has 0 aliphatic rings. The largest absolute Gasteiger partial charge is 0.352 e. The summed E-state index contributed by atoms with van der Waals surface area (Å²) in [6, 6.07) is 15.5. The molecule has 2 aromatic carbocycles. The maximum absolute atomic E-state index is 12.0. The minimum Gasteiger partial charge on any atom is -0.352 e. The highest BCUT2D eigenvalue weighted by Gasteiger charge is 2.07. The first kappa shape index (κ1) is 17.7. The molecular weight excluding hydrogens is 300 g/mol. The third kappa shape index (κ3) is 5.23. The highest BCUT2D eigenvalue weighted by Crippen LogP contribution is 2.08. The molecule has 4 nitrogen and oxygen atoms in total. The van der Waals surface area contributed by atoms with Gasteiger partial charge in [-0.3, -0.25) is 9.59 Å². The molecule has 0 bridgehead atoms. The van der Waals surface area contributed by atoms with Gasteiger partial charge in [-0.2, -0.15) is 0 Å². The highest BCUT2D eigenvalue weighted by molar-refractivity contribution is 5.93. The monoisotopic (exact) mass is 324 g/mol. The minimum atomic E-state index is -0.0243. The molecule has 1 N–H and O–H groups in total. The van der Waals surface area contributed by atoms with Crippen LogP contribution in [-0.4, -0.2) is 30.8 Å². The van der Waals surface area contributed by atoms with Crippen LogP contribution in [0, 0.1) is 6.92 Å². The van der Waals surface area contributed by atoms with Crippen LogP contribution in [-0.2, 0) is 17.8 Å². The molecule has 0 radical (unpaired) electrons. The molecule has 0 saturated carbocycles. The lowest BCUT2D eigenvalue weighted by Gasteiger charge is -2.11. The van der Waals surface area contributed by atoms with E-state index in [1.54, 1.807) is 31.1 Å². The molecule has 0 heterocycles. The van der Waals surface area contributed by atoms with Crippen molar-refractivity contribution in [2.75, 3.05) is 14.1 Å². The molecular formula is C20H24N2O2. The van der Waals surface area contributed by atoms with Crippen molar-refractivity contribution in [3.05, 3.63) is 70.8 Å². The Balaban J connectivity index is 1.80. The number of hydrogen-bond donors (Lipinski definition) is 1. The third-order valence-corrected chi connectivity index (χ3v) is 3.82. The molecule has 0 aromatic heterocycles. The zero-order valence-corrected chi connectivity index (χ0v) is 14.5. The Morgan fingerprint density at radius 1 is 1.00 bits per heavy atom. The second-order valence-electron chi connectivity index (χ2n) is 6.16. The Labute approximate surface area is 143 Å². The molecule has 4 heteroatoms. The Hall–Kier alpha value is -2.62. The summed E-state index contributed by atoms with van der Waals surface area (Å²) in [5.74, 6) is 0.00805. The van der Waals surface area contributed by atoms with E-state index in [1.165, 1.54) is 11.1 Å². The molecule has 0 atom stereocenters. The number of nitrogens with zero attached hydrogens (tertiary/aromatic N) is 1. The van der Waals surface area contributed by atoms with E-state index < -0.39 is 0 Å². The van der Waals surface area contributed by atoms with Gasteiger partial charge in [0.15, 0.2) is 0 Å². The van der Waals surface area contributed by atoms with E-state index in [2.05, 4.69) is 11.4 Å². The zero-order chi connectivity index (χ0) is 17.5. The maximum atomic E-state index is 12.0. The average molecular weight is 324 g/mol. The minimum absolute atomic E-state index is 0.0243. The maximum Gasteiger partial charge on any atom is 0.253 e. The molecule has 2 amide bonds. The smallest absolute Gasteiger partial charge is 0.253 e. The van der Waals surface area contributed by atoms with Gasteiger partial charge in [0.25, 0.3) is 5.91 Å². The fourth-order valence-electron chi connectivity index (χ4n) is 2.44. The van der Waals surface area contributed by atoms with Crippen molar-refractivity contribution in [3.63, 3.8) is 0 Å². The summed E-state index contributed by atoms with van der Waals surface area (Å²) in [6.07, 6.45) is 1.21. The fraction of sp³-hybridized carbons (Fsp3) is 0.300. The molecule has 0 spiro atoms. The van der Waals surface area contributed by atoms with E-state index in [4.69, 9.17) is 0 Å². The first-order valence-corrected chi connectivity index (χ1v) is 8.08. The van der Waals surface area contributed by atoms with Crippen LogP contribution in [0.15, 0.2) is 48.5 Å². The lowest BCUT2D eigenvalue weighted by atomic mass is 10.1. The van der Waals surface area contributed by atoms with Gasteiger partial charge in [0.1, 0.15) is 0 Å². The molecule has 2 aromatic rings. The summed E-state index contributed by atoms with van der Waals surface area (Å²) >= 11 is 0. The molecule has 0 unspecified atom stereocenters. The van der Waals surface area contributed by atoms with Crippen LogP contribution in [0.3, 0.4) is 0 Å². The fourth-order valence-corrected chi connectivity index (χ4v) is 2.44. The van der Waals surface area contributed by atoms with Crippen LogP contribution >= 0.6 is 0 Å². The number of hydrogen-bond acceptors (Lipinski definition) is 2. The summed E-state index contributed by atoms with van der Waals surface area (Å²) in [5, 5.41) is 2.92. The lowest BCUT2D eigenvalue weighted by Crippen LogP contribution is -2.23. The van der Waals surface area contributed by atoms with Gasteiger partial charge in [-0.15, -0.1) is 0 Å². The van der Waals surface area contributed by atoms with Crippen LogP contribution < -0.4 is 5.32 Å². The SMILES string of the molecule is Cc1cccc(CCC(=O)NCc2ccc(C(=O)N(C)C)cc2)c1. The normalized spacial score (nSPS) is 10.3. The lowest BCUT2D eigenvalue weighted by molar-refractivity contribution is -0.121. The van der Waals surface area contributed by atoms with Crippen molar-refractivity contribution in [2.24, 2.45) is 0 Å². The molecule has 0 fully saturated rings. The van der Waals surface area contributed by atoms with Gasteiger partial charge in [-0.25, -0.2) is 0 Å². The van der Waals surface area contributed by atoms with E-state index in [0.717, 1.165) is 12.0 Å². The van der Waals surface area contributed by atoms with Gasteiger partial charge in [0, 0.05) is 32.6 Å². The number of amides is 2. The van der Waals surface area contributed by atoms with Gasteiger partial charge >= 0.3 is 0 Å². The predicted octanol–water partition coefficient (Wildman–Crippen LogP) is 2.95. The van der Waals surface area contributed by atoms with E-state index in [9.17, 15) is 9.59 Å². The van der Waals surface area contributed by atoms with Gasteiger partial charge in [-0.05, 0) is 36.6 Å². The molecule has 0 aliphatic carbocycles. The Morgan fingerprint density at radius 2 is 1.71 bits per heavy atom. The zero-order valence-electron chi connectivity index (χ0n) is 14.5. The van der Waals surface area contributed by atoms with Crippen LogP contribution in [0.25, 0.3) is 0 Å². The number of nitrogens with one attached hydrogen (secondary N) is 1. The molecule has 126 valence electrons. The topological polar surface area (TPSA) is 49.4 Å². The van der Waals surface area contributed by atoms with E-state index in [0.29, 0.717) is 18.5 Å². The number of benzene rings is 2. The number of carbonyl (C=O) groups is 2. The van der Waals surface area contributed by atoms with Crippen molar-refractivity contribution in [2.45, 2.75) is 26.3 Å². The summed E-state index contributed by atoms with van der Waals surface area (Å²) < 4.78 is 0. The standard InChI is InChI=1S/C20H24N2O2/c1-15-5-4-6-16(13-15)9-12-19(23)21-14-17-7-10-18(11-8-17)20(24)22(2)3/h4-8,10-11,13H,9,12,14H2,1-3H3,(H,21,23). The third-order valence-electron chi connectivity index (χ3n) is 3.82. The summed E-state index contributed by atoms with van der Waals surface area (Å²) in [7, 11) is 3.45. The summed E-state index contributed by atoms with van der Waals surface area (Å²) in [5.41, 5.74) is 4.01. The molecule has 0 aliphatic heterocycles. The van der Waals surface area contributed by atoms with Crippen LogP contribution in [0.5, 0.6) is 0 Å². The van der Waals surface area contributed by atoms with Gasteiger partial charge in [0.05, 0.1) is 0 Å². The summed E-state index contributed by atoms with van der Waals surface area (Å²) in [4.78, 5) is 25.3. The van der Waals surface area contributed by atoms with Crippen molar-refractivity contribution in [1.82, 2.24) is 10.2 Å². The quantitative estimate of drug-likeness (QED) is 0.888. The first-order chi connectivity index (χ1) is 11.5. The van der Waals surface area contributed by atoms with Gasteiger partial charge in [0.2, 0.25) is 5.91 Å². The van der Waals surface area contributed by atoms with Crippen LogP contribution in [0.1, 0.15) is 33.5 Å². The molecule has 0 saturated heterocycles. The van der Waals surface area contributed by atoms with Crippen molar-refractivity contribution in [1.29, 1.82) is 0 Å². The molecule has 24 heavy (non-hydrogen) atoms. The number of rotatable bonds is 6. The Kier molecular flexibility index (Phi) is 6.13. The first-order valence-electron chi connectivity index (χ1n) is 8.08. The van der Waals surface area contributed by atoms with Crippen molar-refractivity contribution in [3.8, 4) is 0 Å². The van der Waals surface area contributed by atoms with Crippen LogP contribution in [0.2, 0.25) is 0 Å². The highest BCUT2D eigenvalue weighted by atomic mass is 16.2. The van der Waals surface area contributed by atoms with Crippen molar-refractivity contribution < 1.29 is 9.59 Å². The number of aryl methyl sites for hydroxylation is 2. The number of carbonyl (C=O) groups excluding carboxylic acids is 2. The van der Waals surface area contributed by atoms with Gasteiger partial charge < -0.3 is 10.2 Å². The second kappa shape index (κ2) is 8.29. The van der Waals surface area contributed by atoms with Crippen molar-refractivity contribution >= 4 is 11.8 Å². The van der Waals surface area contributed by atoms with Crippen LogP contribution in [0.4, 0.5) is 0 Å². The van der Waals surface area contributed by atoms with E-state index >= 15 is 0 Å². The second-order valence-corrected chi connectivity index (χ2v) is 6.16. The van der Waals surface area contributed by atoms with E-state index in [-0.39, 0.29) is 11.8 Å². The predicted molar refractivity (Wildman–Crippen MR) is 95.8 cm³/mol. The van der Waals surface area contributed by atoms with E-state index in [1.807, 2.05) is 37.3 Å². The summed E-state index contributed by atoms with van der Waals surface area (Å²) in [6.45, 7) is 2.53. The Morgan fingerprint density at radius 3 is 2.33 bits per heavy atom.